The molecule has 2 rings (SSSR count). The highest BCUT2D eigenvalue weighted by molar-refractivity contribution is 5.74. The number of carboxylic acids is 1. The molecule has 0 heterocycles. The van der Waals surface area contributed by atoms with E-state index in [1.165, 1.54) is 0 Å². The van der Waals surface area contributed by atoms with Gasteiger partial charge in [-0.05, 0) is 63.7 Å². The van der Waals surface area contributed by atoms with Crippen molar-refractivity contribution in [2.45, 2.75) is 70.0 Å². The van der Waals surface area contributed by atoms with E-state index in [0.29, 0.717) is 31.6 Å². The molecule has 0 aromatic heterocycles. The molecular formula is C14H24O4. The molecule has 4 heteroatoms. The summed E-state index contributed by atoms with van der Waals surface area (Å²) in [5, 5.41) is 28.6. The van der Waals surface area contributed by atoms with Gasteiger partial charge in [-0.25, -0.2) is 0 Å². The Morgan fingerprint density at radius 1 is 0.944 bits per heavy atom. The van der Waals surface area contributed by atoms with Gasteiger partial charge in [0.1, 0.15) is 0 Å². The van der Waals surface area contributed by atoms with Crippen molar-refractivity contribution in [3.8, 4) is 0 Å². The first kappa shape index (κ1) is 13.8. The van der Waals surface area contributed by atoms with Crippen molar-refractivity contribution in [2.24, 2.45) is 11.3 Å². The summed E-state index contributed by atoms with van der Waals surface area (Å²) in [6, 6.07) is 0. The summed E-state index contributed by atoms with van der Waals surface area (Å²) in [6.45, 7) is 0. The van der Waals surface area contributed by atoms with Gasteiger partial charge in [0.25, 0.3) is 0 Å². The first-order chi connectivity index (χ1) is 8.52. The fourth-order valence-corrected chi connectivity index (χ4v) is 3.56. The first-order valence-electron chi connectivity index (χ1n) is 7.11. The maximum Gasteiger partial charge on any atom is 0.309 e. The highest BCUT2D eigenvalue weighted by Crippen LogP contribution is 2.44. The molecule has 0 atom stereocenters. The minimum Gasteiger partial charge on any atom is -0.481 e. The zero-order valence-electron chi connectivity index (χ0n) is 10.8. The van der Waals surface area contributed by atoms with Crippen LogP contribution in [0.1, 0.15) is 57.8 Å². The molecule has 4 nitrogen and oxygen atoms in total. The summed E-state index contributed by atoms with van der Waals surface area (Å²) in [4.78, 5) is 11.6. The Morgan fingerprint density at radius 3 is 1.94 bits per heavy atom. The van der Waals surface area contributed by atoms with Crippen LogP contribution < -0.4 is 0 Å². The molecule has 0 bridgehead atoms. The second kappa shape index (κ2) is 5.57. The van der Waals surface area contributed by atoms with Crippen molar-refractivity contribution in [3.63, 3.8) is 0 Å². The summed E-state index contributed by atoms with van der Waals surface area (Å²) < 4.78 is 0. The molecule has 0 aromatic rings. The van der Waals surface area contributed by atoms with Crippen LogP contribution in [-0.4, -0.2) is 33.5 Å². The zero-order chi connectivity index (χ0) is 13.2. The second-order valence-corrected chi connectivity index (χ2v) is 6.20. The van der Waals surface area contributed by atoms with Gasteiger partial charge in [0.2, 0.25) is 0 Å². The lowest BCUT2D eigenvalue weighted by molar-refractivity contribution is -0.154. The molecule has 0 saturated heterocycles. The van der Waals surface area contributed by atoms with Crippen LogP contribution in [0.3, 0.4) is 0 Å². The molecule has 18 heavy (non-hydrogen) atoms. The summed E-state index contributed by atoms with van der Waals surface area (Å²) in [6.07, 6.45) is 6.15. The van der Waals surface area contributed by atoms with E-state index in [1.54, 1.807) is 0 Å². The molecule has 2 saturated carbocycles. The zero-order valence-corrected chi connectivity index (χ0v) is 10.8. The number of hydrogen-bond acceptors (Lipinski definition) is 3. The number of hydrogen-bond donors (Lipinski definition) is 3. The number of aliphatic carboxylic acids is 1. The average molecular weight is 256 g/mol. The molecule has 0 radical (unpaired) electrons. The van der Waals surface area contributed by atoms with Crippen LogP contribution >= 0.6 is 0 Å². The van der Waals surface area contributed by atoms with E-state index in [4.69, 9.17) is 0 Å². The fraction of sp³-hybridized carbons (Fsp3) is 0.929. The third-order valence-corrected chi connectivity index (χ3v) is 4.86. The molecule has 0 unspecified atom stereocenters. The molecule has 3 N–H and O–H groups in total. The molecule has 0 aliphatic heterocycles. The number of rotatable bonds is 3. The van der Waals surface area contributed by atoms with Crippen LogP contribution in [-0.2, 0) is 4.79 Å². The van der Waals surface area contributed by atoms with Crippen LogP contribution in [0.15, 0.2) is 0 Å². The molecule has 2 fully saturated rings. The Bertz CT molecular complexity index is 286. The van der Waals surface area contributed by atoms with Crippen LogP contribution in [0.4, 0.5) is 0 Å². The lowest BCUT2D eigenvalue weighted by atomic mass is 9.66. The third-order valence-electron chi connectivity index (χ3n) is 4.86. The van der Waals surface area contributed by atoms with Gasteiger partial charge in [0.15, 0.2) is 0 Å². The maximum absolute atomic E-state index is 11.6. The summed E-state index contributed by atoms with van der Waals surface area (Å²) in [5.41, 5.74) is -0.619. The van der Waals surface area contributed by atoms with Gasteiger partial charge in [0, 0.05) is 0 Å². The van der Waals surface area contributed by atoms with Gasteiger partial charge in [-0.2, -0.15) is 0 Å². The van der Waals surface area contributed by atoms with E-state index in [9.17, 15) is 20.1 Å². The molecule has 104 valence electrons. The first-order valence-corrected chi connectivity index (χ1v) is 7.11. The highest BCUT2D eigenvalue weighted by atomic mass is 16.4. The van der Waals surface area contributed by atoms with Gasteiger partial charge in [0.05, 0.1) is 17.6 Å². The second-order valence-electron chi connectivity index (χ2n) is 6.20. The van der Waals surface area contributed by atoms with Crippen molar-refractivity contribution in [1.29, 1.82) is 0 Å². The lowest BCUT2D eigenvalue weighted by Crippen LogP contribution is -2.39. The van der Waals surface area contributed by atoms with E-state index < -0.39 is 11.4 Å². The van der Waals surface area contributed by atoms with Crippen molar-refractivity contribution in [3.05, 3.63) is 0 Å². The molecule has 2 aliphatic carbocycles. The Hall–Kier alpha value is -0.610. The number of aliphatic hydroxyl groups excluding tert-OH is 2. The van der Waals surface area contributed by atoms with Crippen LogP contribution in [0.2, 0.25) is 0 Å². The molecule has 0 spiro atoms. The standard InChI is InChI=1S/C14H24O4/c15-11-3-1-10(2-4-11)9-14(13(17)18)7-5-12(16)6-8-14/h10-12,15-16H,1-9H2,(H,17,18). The van der Waals surface area contributed by atoms with Gasteiger partial charge >= 0.3 is 5.97 Å². The lowest BCUT2D eigenvalue weighted by Gasteiger charge is -2.39. The van der Waals surface area contributed by atoms with Crippen molar-refractivity contribution in [1.82, 2.24) is 0 Å². The quantitative estimate of drug-likeness (QED) is 0.721. The van der Waals surface area contributed by atoms with E-state index in [0.717, 1.165) is 32.1 Å². The molecule has 0 amide bonds. The van der Waals surface area contributed by atoms with Crippen molar-refractivity contribution in [2.75, 3.05) is 0 Å². The average Bonchev–Trinajstić information content (AvgIpc) is 2.35. The summed E-state index contributed by atoms with van der Waals surface area (Å²) in [7, 11) is 0. The van der Waals surface area contributed by atoms with Crippen LogP contribution in [0.25, 0.3) is 0 Å². The summed E-state index contributed by atoms with van der Waals surface area (Å²) >= 11 is 0. The van der Waals surface area contributed by atoms with E-state index in [-0.39, 0.29) is 12.2 Å². The minimum atomic E-state index is -0.694. The predicted molar refractivity (Wildman–Crippen MR) is 67.1 cm³/mol. The smallest absolute Gasteiger partial charge is 0.309 e. The third kappa shape index (κ3) is 3.04. The van der Waals surface area contributed by atoms with Gasteiger partial charge in [-0.15, -0.1) is 0 Å². The molecule has 0 aromatic carbocycles. The van der Waals surface area contributed by atoms with Gasteiger partial charge in [-0.3, -0.25) is 4.79 Å². The predicted octanol–water partition coefficient (Wildman–Crippen LogP) is 1.93. The van der Waals surface area contributed by atoms with E-state index >= 15 is 0 Å². The van der Waals surface area contributed by atoms with Crippen molar-refractivity contribution < 1.29 is 20.1 Å². The van der Waals surface area contributed by atoms with E-state index in [1.807, 2.05) is 0 Å². The summed E-state index contributed by atoms with van der Waals surface area (Å²) in [5.74, 6) is -0.264. The van der Waals surface area contributed by atoms with Crippen LogP contribution in [0, 0.1) is 11.3 Å². The Kier molecular flexibility index (Phi) is 4.28. The highest BCUT2D eigenvalue weighted by Gasteiger charge is 2.43. The number of carbonyl (C=O) groups is 1. The monoisotopic (exact) mass is 256 g/mol. The van der Waals surface area contributed by atoms with Crippen LogP contribution in [0.5, 0.6) is 0 Å². The van der Waals surface area contributed by atoms with Crippen molar-refractivity contribution >= 4 is 5.97 Å². The molecular weight excluding hydrogens is 232 g/mol. The number of aliphatic hydroxyl groups is 2. The largest absolute Gasteiger partial charge is 0.481 e. The maximum atomic E-state index is 11.6. The molecule has 2 aliphatic rings. The Morgan fingerprint density at radius 2 is 1.44 bits per heavy atom. The topological polar surface area (TPSA) is 77.8 Å². The minimum absolute atomic E-state index is 0.185. The number of carboxylic acid groups (broad SMARTS) is 1. The normalized spacial score (nSPS) is 41.6. The fourth-order valence-electron chi connectivity index (χ4n) is 3.56. The Labute approximate surface area is 108 Å². The SMILES string of the molecule is O=C(O)C1(CC2CCC(O)CC2)CCC(O)CC1. The Balaban J connectivity index is 1.96. The van der Waals surface area contributed by atoms with Gasteiger partial charge < -0.3 is 15.3 Å². The van der Waals surface area contributed by atoms with Gasteiger partial charge in [-0.1, -0.05) is 0 Å². The van der Waals surface area contributed by atoms with E-state index in [2.05, 4.69) is 0 Å².